The average Bonchev–Trinajstić information content (AvgIpc) is 2.35. The first-order valence-corrected chi connectivity index (χ1v) is 6.79. The van der Waals surface area contributed by atoms with Crippen LogP contribution in [0.5, 0.6) is 5.75 Å². The van der Waals surface area contributed by atoms with E-state index in [1.807, 2.05) is 26.0 Å². The van der Waals surface area contributed by atoms with Crippen molar-refractivity contribution in [2.24, 2.45) is 0 Å². The summed E-state index contributed by atoms with van der Waals surface area (Å²) in [5.74, 6) is 0.0284. The molecule has 0 spiro atoms. The van der Waals surface area contributed by atoms with Gasteiger partial charge in [-0.05, 0) is 37.1 Å². The van der Waals surface area contributed by atoms with Crippen LogP contribution >= 0.6 is 15.9 Å². The summed E-state index contributed by atoms with van der Waals surface area (Å²) < 4.78 is 6.31. The summed E-state index contributed by atoms with van der Waals surface area (Å²) in [5.41, 5.74) is 5.54. The average molecular weight is 329 g/mol. The van der Waals surface area contributed by atoms with Gasteiger partial charge in [-0.1, -0.05) is 22.9 Å². The highest BCUT2D eigenvalue weighted by Crippen LogP contribution is 2.21. The minimum absolute atomic E-state index is 0.144. The van der Waals surface area contributed by atoms with Crippen LogP contribution in [0.15, 0.2) is 22.7 Å². The second kappa shape index (κ2) is 7.78. The van der Waals surface area contributed by atoms with Crippen LogP contribution in [-0.2, 0) is 9.59 Å². The molecule has 0 fully saturated rings. The molecule has 104 valence electrons. The molecule has 0 atom stereocenters. The highest BCUT2D eigenvalue weighted by Gasteiger charge is 2.06. The second-order valence-corrected chi connectivity index (χ2v) is 4.96. The Morgan fingerprint density at radius 3 is 2.58 bits per heavy atom. The maximum atomic E-state index is 11.4. The number of nitrogens with one attached hydrogen (secondary N) is 2. The molecule has 2 amide bonds. The number of carbonyl (C=O) groups is 2. The van der Waals surface area contributed by atoms with E-state index in [0.29, 0.717) is 12.2 Å². The molecule has 0 saturated carbocycles. The Bertz CT molecular complexity index is 463. The minimum Gasteiger partial charge on any atom is -0.483 e. The number of hydrazine groups is 1. The third-order valence-electron chi connectivity index (χ3n) is 2.31. The third kappa shape index (κ3) is 5.74. The van der Waals surface area contributed by atoms with Gasteiger partial charge >= 0.3 is 0 Å². The first kappa shape index (κ1) is 15.5. The first-order valence-electron chi connectivity index (χ1n) is 5.99. The molecule has 0 radical (unpaired) electrons. The maximum Gasteiger partial charge on any atom is 0.276 e. The Morgan fingerprint density at radius 1 is 1.26 bits per heavy atom. The van der Waals surface area contributed by atoms with Crippen molar-refractivity contribution >= 4 is 27.7 Å². The van der Waals surface area contributed by atoms with E-state index in [1.54, 1.807) is 6.07 Å². The summed E-state index contributed by atoms with van der Waals surface area (Å²) in [6.45, 7) is 3.64. The van der Waals surface area contributed by atoms with Gasteiger partial charge in [0.05, 0.1) is 0 Å². The standard InChI is InChI=1S/C13H17BrN2O3/c1-3-4-12(17)15-16-13(18)8-19-11-6-5-10(14)7-9(11)2/h5-7H,3-4,8H2,1-2H3,(H,15,17)(H,16,18). The molecule has 0 heterocycles. The molecule has 0 bridgehead atoms. The molecule has 0 aromatic heterocycles. The van der Waals surface area contributed by atoms with E-state index in [4.69, 9.17) is 4.74 Å². The first-order chi connectivity index (χ1) is 9.02. The third-order valence-corrected chi connectivity index (χ3v) is 2.81. The molecule has 2 N–H and O–H groups in total. The molecular formula is C13H17BrN2O3. The number of halogens is 1. The van der Waals surface area contributed by atoms with Crippen LogP contribution in [0.25, 0.3) is 0 Å². The van der Waals surface area contributed by atoms with Crippen LogP contribution in [0.1, 0.15) is 25.3 Å². The van der Waals surface area contributed by atoms with Crippen LogP contribution in [0.4, 0.5) is 0 Å². The Morgan fingerprint density at radius 2 is 1.95 bits per heavy atom. The molecule has 1 aromatic carbocycles. The van der Waals surface area contributed by atoms with Gasteiger partial charge in [0.25, 0.3) is 5.91 Å². The minimum atomic E-state index is -0.397. The molecule has 1 rings (SSSR count). The zero-order valence-corrected chi connectivity index (χ0v) is 12.5. The van der Waals surface area contributed by atoms with Crippen molar-refractivity contribution in [1.29, 1.82) is 0 Å². The van der Waals surface area contributed by atoms with Crippen molar-refractivity contribution in [3.8, 4) is 5.75 Å². The summed E-state index contributed by atoms with van der Waals surface area (Å²) in [6.07, 6.45) is 1.11. The predicted molar refractivity (Wildman–Crippen MR) is 75.6 cm³/mol. The Hall–Kier alpha value is -1.56. The van der Waals surface area contributed by atoms with Gasteiger partial charge in [0.2, 0.25) is 5.91 Å². The summed E-state index contributed by atoms with van der Waals surface area (Å²) >= 11 is 3.35. The fourth-order valence-corrected chi connectivity index (χ4v) is 1.86. The molecule has 0 aliphatic rings. The molecular weight excluding hydrogens is 312 g/mol. The van der Waals surface area contributed by atoms with Crippen LogP contribution < -0.4 is 15.6 Å². The van der Waals surface area contributed by atoms with E-state index in [1.165, 1.54) is 0 Å². The number of hydrogen-bond donors (Lipinski definition) is 2. The SMILES string of the molecule is CCCC(=O)NNC(=O)COc1ccc(Br)cc1C. The highest BCUT2D eigenvalue weighted by molar-refractivity contribution is 9.10. The van der Waals surface area contributed by atoms with Crippen molar-refractivity contribution in [3.63, 3.8) is 0 Å². The zero-order chi connectivity index (χ0) is 14.3. The number of ether oxygens (including phenoxy) is 1. The number of hydrogen-bond acceptors (Lipinski definition) is 3. The van der Waals surface area contributed by atoms with Gasteiger partial charge in [-0.2, -0.15) is 0 Å². The molecule has 0 saturated heterocycles. The lowest BCUT2D eigenvalue weighted by molar-refractivity contribution is -0.130. The Labute approximate surface area is 120 Å². The predicted octanol–water partition coefficient (Wildman–Crippen LogP) is 2.08. The maximum absolute atomic E-state index is 11.4. The van der Waals surface area contributed by atoms with Crippen molar-refractivity contribution in [2.75, 3.05) is 6.61 Å². The van der Waals surface area contributed by atoms with Gasteiger partial charge in [-0.25, -0.2) is 0 Å². The summed E-state index contributed by atoms with van der Waals surface area (Å²) in [4.78, 5) is 22.6. The lowest BCUT2D eigenvalue weighted by Crippen LogP contribution is -2.43. The molecule has 1 aromatic rings. The quantitative estimate of drug-likeness (QED) is 0.813. The van der Waals surface area contributed by atoms with Crippen molar-refractivity contribution < 1.29 is 14.3 Å². The number of benzene rings is 1. The summed E-state index contributed by atoms with van der Waals surface area (Å²) in [6, 6.07) is 5.52. The van der Waals surface area contributed by atoms with Crippen LogP contribution in [0.3, 0.4) is 0 Å². The van der Waals surface area contributed by atoms with Crippen LogP contribution in [0, 0.1) is 6.92 Å². The van der Waals surface area contributed by atoms with Gasteiger partial charge in [-0.3, -0.25) is 20.4 Å². The molecule has 0 aliphatic heterocycles. The molecule has 19 heavy (non-hydrogen) atoms. The molecule has 6 heteroatoms. The molecule has 0 unspecified atom stereocenters. The highest BCUT2D eigenvalue weighted by atomic mass is 79.9. The smallest absolute Gasteiger partial charge is 0.276 e. The van der Waals surface area contributed by atoms with Crippen molar-refractivity contribution in [2.45, 2.75) is 26.7 Å². The van der Waals surface area contributed by atoms with E-state index < -0.39 is 5.91 Å². The van der Waals surface area contributed by atoms with E-state index in [-0.39, 0.29) is 12.5 Å². The molecule has 5 nitrogen and oxygen atoms in total. The monoisotopic (exact) mass is 328 g/mol. The topological polar surface area (TPSA) is 67.4 Å². The van der Waals surface area contributed by atoms with Gasteiger partial charge < -0.3 is 4.74 Å². The van der Waals surface area contributed by atoms with Gasteiger partial charge in [0.15, 0.2) is 6.61 Å². The lowest BCUT2D eigenvalue weighted by atomic mass is 10.2. The van der Waals surface area contributed by atoms with E-state index in [9.17, 15) is 9.59 Å². The van der Waals surface area contributed by atoms with E-state index in [2.05, 4.69) is 26.8 Å². The number of aryl methyl sites for hydroxylation is 1. The number of carbonyl (C=O) groups excluding carboxylic acids is 2. The normalized spacial score (nSPS) is 9.84. The van der Waals surface area contributed by atoms with E-state index >= 15 is 0 Å². The lowest BCUT2D eigenvalue weighted by Gasteiger charge is -2.10. The second-order valence-electron chi connectivity index (χ2n) is 4.04. The van der Waals surface area contributed by atoms with Crippen molar-refractivity contribution in [3.05, 3.63) is 28.2 Å². The van der Waals surface area contributed by atoms with Gasteiger partial charge in [-0.15, -0.1) is 0 Å². The largest absolute Gasteiger partial charge is 0.483 e. The summed E-state index contributed by atoms with van der Waals surface area (Å²) in [5, 5.41) is 0. The van der Waals surface area contributed by atoms with Crippen LogP contribution in [0.2, 0.25) is 0 Å². The molecule has 0 aliphatic carbocycles. The fourth-order valence-electron chi connectivity index (χ4n) is 1.38. The summed E-state index contributed by atoms with van der Waals surface area (Å²) in [7, 11) is 0. The Kier molecular flexibility index (Phi) is 6.35. The van der Waals surface area contributed by atoms with Gasteiger partial charge in [0.1, 0.15) is 5.75 Å². The Balaban J connectivity index is 2.36. The number of amides is 2. The van der Waals surface area contributed by atoms with Crippen molar-refractivity contribution in [1.82, 2.24) is 10.9 Å². The van der Waals surface area contributed by atoms with Gasteiger partial charge in [0, 0.05) is 10.9 Å². The number of rotatable bonds is 5. The zero-order valence-electron chi connectivity index (χ0n) is 11.0. The van der Waals surface area contributed by atoms with E-state index in [0.717, 1.165) is 16.5 Å². The fraction of sp³-hybridized carbons (Fsp3) is 0.385. The van der Waals surface area contributed by atoms with Crippen LogP contribution in [-0.4, -0.2) is 18.4 Å².